The third kappa shape index (κ3) is 5.29. The molecule has 3 heterocycles. The average Bonchev–Trinajstić information content (AvgIpc) is 3.30. The zero-order valence-corrected chi connectivity index (χ0v) is 22.6. The molecule has 0 radical (unpaired) electrons. The number of rotatable bonds is 8. The largest absolute Gasteiger partial charge is 0.475 e. The molecule has 11 heteroatoms. The first-order valence-corrected chi connectivity index (χ1v) is 13.6. The summed E-state index contributed by atoms with van der Waals surface area (Å²) in [7, 11) is 0. The minimum atomic E-state index is -4.46. The number of carboxylic acid groups (broad SMARTS) is 1. The van der Waals surface area contributed by atoms with Crippen molar-refractivity contribution < 1.29 is 23.1 Å². The maximum absolute atomic E-state index is 13.3. The predicted molar refractivity (Wildman–Crippen MR) is 152 cm³/mol. The summed E-state index contributed by atoms with van der Waals surface area (Å²) in [6, 6.07) is 18.3. The van der Waals surface area contributed by atoms with Gasteiger partial charge in [0.15, 0.2) is 17.3 Å². The van der Waals surface area contributed by atoms with Crippen molar-refractivity contribution in [2.45, 2.75) is 44.9 Å². The maximum atomic E-state index is 13.3. The van der Waals surface area contributed by atoms with Gasteiger partial charge in [-0.05, 0) is 55.0 Å². The molecule has 8 nitrogen and oxygen atoms in total. The maximum Gasteiger partial charge on any atom is 0.416 e. The molecular formula is C31H27F3N6O2. The molecule has 1 aliphatic carbocycles. The molecule has 0 saturated heterocycles. The Kier molecular flexibility index (Phi) is 7.09. The zero-order valence-electron chi connectivity index (χ0n) is 22.6. The number of hydrogen-bond donors (Lipinski definition) is 2. The number of aromatic carboxylic acids is 1. The monoisotopic (exact) mass is 572 g/mol. The zero-order chi connectivity index (χ0) is 29.4. The van der Waals surface area contributed by atoms with E-state index in [-0.39, 0.29) is 18.2 Å². The number of fused-ring (bicyclic) bond motifs is 1. The summed E-state index contributed by atoms with van der Waals surface area (Å²) in [5, 5.41) is 13.2. The molecule has 6 rings (SSSR count). The van der Waals surface area contributed by atoms with Gasteiger partial charge in [-0.1, -0.05) is 55.0 Å². The first-order chi connectivity index (χ1) is 20.2. The molecule has 0 bridgehead atoms. The predicted octanol–water partition coefficient (Wildman–Crippen LogP) is 6.92. The standard InChI is InChI=1S/C31H27F3N6O2/c1-18(20-9-5-10-20)36-26-25-27(38-28(37-26)30(41)42)39-29(24-23(11-6-16-35-24)21-7-3-2-4-8-21)40(25)17-19-12-14-22(15-13-19)31(32,33)34/h2-4,6-8,11-16,18,20H,5,9-10,17H2,1H3,(H,41,42)(H,36,37,38)/t18-/m1/s1. The lowest BCUT2D eigenvalue weighted by Crippen LogP contribution is -2.31. The summed E-state index contributed by atoms with van der Waals surface area (Å²) in [5.74, 6) is -0.589. The van der Waals surface area contributed by atoms with E-state index in [9.17, 15) is 23.1 Å². The minimum absolute atomic E-state index is 0.00564. The SMILES string of the molecule is C[C@@H](Nc1nc(C(=O)O)nc2nc(-c3ncccc3-c3ccccc3)n(Cc3ccc(C(F)(F)F)cc3)c12)C1CCC1. The molecule has 0 amide bonds. The minimum Gasteiger partial charge on any atom is -0.475 e. The topological polar surface area (TPSA) is 106 Å². The number of anilines is 1. The molecule has 42 heavy (non-hydrogen) atoms. The van der Waals surface area contributed by atoms with Crippen LogP contribution >= 0.6 is 0 Å². The van der Waals surface area contributed by atoms with E-state index < -0.39 is 23.5 Å². The quantitative estimate of drug-likeness (QED) is 0.208. The lowest BCUT2D eigenvalue weighted by Gasteiger charge is -2.32. The highest BCUT2D eigenvalue weighted by Gasteiger charge is 2.31. The molecule has 1 aliphatic rings. The van der Waals surface area contributed by atoms with Gasteiger partial charge in [0.2, 0.25) is 5.82 Å². The molecule has 2 aromatic carbocycles. The molecule has 1 atom stereocenters. The molecule has 0 aliphatic heterocycles. The van der Waals surface area contributed by atoms with Gasteiger partial charge in [0.25, 0.3) is 0 Å². The van der Waals surface area contributed by atoms with E-state index in [1.54, 1.807) is 10.8 Å². The Morgan fingerprint density at radius 2 is 1.76 bits per heavy atom. The average molecular weight is 573 g/mol. The van der Waals surface area contributed by atoms with Crippen molar-refractivity contribution in [1.82, 2.24) is 24.5 Å². The number of nitrogens with zero attached hydrogens (tertiary/aromatic N) is 5. The van der Waals surface area contributed by atoms with Gasteiger partial charge >= 0.3 is 12.1 Å². The number of halogens is 3. The number of imidazole rings is 1. The van der Waals surface area contributed by atoms with Gasteiger partial charge in [-0.15, -0.1) is 0 Å². The number of carbonyl (C=O) groups is 1. The van der Waals surface area contributed by atoms with Crippen LogP contribution in [0.3, 0.4) is 0 Å². The van der Waals surface area contributed by atoms with Crippen LogP contribution in [0.25, 0.3) is 33.8 Å². The van der Waals surface area contributed by atoms with E-state index in [0.29, 0.717) is 34.3 Å². The Labute approximate surface area is 239 Å². The number of nitrogens with one attached hydrogen (secondary N) is 1. The number of pyridine rings is 1. The van der Waals surface area contributed by atoms with Crippen molar-refractivity contribution >= 4 is 23.0 Å². The highest BCUT2D eigenvalue weighted by molar-refractivity contribution is 5.93. The summed E-state index contributed by atoms with van der Waals surface area (Å²) < 4.78 is 41.6. The van der Waals surface area contributed by atoms with Crippen LogP contribution in [0, 0.1) is 5.92 Å². The van der Waals surface area contributed by atoms with Crippen LogP contribution in [0.15, 0.2) is 72.9 Å². The lowest BCUT2D eigenvalue weighted by atomic mass is 9.80. The van der Waals surface area contributed by atoms with Gasteiger partial charge < -0.3 is 15.0 Å². The second-order valence-corrected chi connectivity index (χ2v) is 10.5. The number of hydrogen-bond acceptors (Lipinski definition) is 6. The summed E-state index contributed by atoms with van der Waals surface area (Å²) in [4.78, 5) is 30.1. The van der Waals surface area contributed by atoms with E-state index in [1.807, 2.05) is 49.4 Å². The van der Waals surface area contributed by atoms with E-state index >= 15 is 0 Å². The highest BCUT2D eigenvalue weighted by atomic mass is 19.4. The Balaban J connectivity index is 1.57. The van der Waals surface area contributed by atoms with Crippen molar-refractivity contribution in [1.29, 1.82) is 0 Å². The molecular weight excluding hydrogens is 545 g/mol. The van der Waals surface area contributed by atoms with Crippen molar-refractivity contribution in [2.24, 2.45) is 5.92 Å². The second-order valence-electron chi connectivity index (χ2n) is 10.5. The van der Waals surface area contributed by atoms with Crippen LogP contribution in [-0.4, -0.2) is 41.6 Å². The van der Waals surface area contributed by atoms with Crippen LogP contribution < -0.4 is 5.32 Å². The fraction of sp³-hybridized carbons (Fsp3) is 0.258. The van der Waals surface area contributed by atoms with Gasteiger partial charge in [-0.25, -0.2) is 19.7 Å². The molecule has 1 fully saturated rings. The first kappa shape index (κ1) is 27.4. The molecule has 214 valence electrons. The van der Waals surface area contributed by atoms with Crippen molar-refractivity contribution in [3.63, 3.8) is 0 Å². The number of carboxylic acids is 1. The summed E-state index contributed by atoms with van der Waals surface area (Å²) in [5.41, 5.74) is 2.63. The summed E-state index contributed by atoms with van der Waals surface area (Å²) in [6.45, 7) is 2.15. The first-order valence-electron chi connectivity index (χ1n) is 13.6. The van der Waals surface area contributed by atoms with Crippen molar-refractivity contribution in [3.8, 4) is 22.6 Å². The number of alkyl halides is 3. The smallest absolute Gasteiger partial charge is 0.416 e. The van der Waals surface area contributed by atoms with Crippen LogP contribution in [-0.2, 0) is 12.7 Å². The van der Waals surface area contributed by atoms with E-state index in [4.69, 9.17) is 4.98 Å². The van der Waals surface area contributed by atoms with E-state index in [1.165, 1.54) is 12.1 Å². The lowest BCUT2D eigenvalue weighted by molar-refractivity contribution is -0.137. The Bertz CT molecular complexity index is 1750. The highest BCUT2D eigenvalue weighted by Crippen LogP contribution is 2.36. The second kappa shape index (κ2) is 10.9. The van der Waals surface area contributed by atoms with E-state index in [2.05, 4.69) is 20.3 Å². The van der Waals surface area contributed by atoms with Gasteiger partial charge in [0.05, 0.1) is 5.56 Å². The third-order valence-corrected chi connectivity index (χ3v) is 7.74. The van der Waals surface area contributed by atoms with Crippen molar-refractivity contribution in [3.05, 3.63) is 89.9 Å². The molecule has 5 aromatic rings. The fourth-order valence-corrected chi connectivity index (χ4v) is 5.26. The van der Waals surface area contributed by atoms with Crippen LogP contribution in [0.5, 0.6) is 0 Å². The third-order valence-electron chi connectivity index (χ3n) is 7.74. The Morgan fingerprint density at radius 1 is 1.02 bits per heavy atom. The van der Waals surface area contributed by atoms with Crippen LogP contribution in [0.2, 0.25) is 0 Å². The van der Waals surface area contributed by atoms with E-state index in [0.717, 1.165) is 42.5 Å². The van der Waals surface area contributed by atoms with Crippen LogP contribution in [0.1, 0.15) is 47.9 Å². The van der Waals surface area contributed by atoms with Crippen LogP contribution in [0.4, 0.5) is 19.0 Å². The Morgan fingerprint density at radius 3 is 2.40 bits per heavy atom. The van der Waals surface area contributed by atoms with Crippen molar-refractivity contribution in [2.75, 3.05) is 5.32 Å². The Hall–Kier alpha value is -4.80. The fourth-order valence-electron chi connectivity index (χ4n) is 5.26. The summed E-state index contributed by atoms with van der Waals surface area (Å²) in [6.07, 6.45) is 0.418. The van der Waals surface area contributed by atoms with Gasteiger partial charge in [0.1, 0.15) is 11.2 Å². The molecule has 3 aromatic heterocycles. The number of aromatic nitrogens is 5. The molecule has 2 N–H and O–H groups in total. The molecule has 0 unspecified atom stereocenters. The normalized spacial score (nSPS) is 14.5. The number of benzene rings is 2. The van der Waals surface area contributed by atoms with Gasteiger partial charge in [0, 0.05) is 24.3 Å². The van der Waals surface area contributed by atoms with Gasteiger partial charge in [-0.3, -0.25) is 4.98 Å². The molecule has 1 saturated carbocycles. The molecule has 0 spiro atoms. The summed E-state index contributed by atoms with van der Waals surface area (Å²) >= 11 is 0. The van der Waals surface area contributed by atoms with Gasteiger partial charge in [-0.2, -0.15) is 13.2 Å².